The van der Waals surface area contributed by atoms with Gasteiger partial charge in [-0.3, -0.25) is 0 Å². The molecule has 4 nitrogen and oxygen atoms in total. The standard InChI is InChI=1S/C19H7ClF6O4S/c20-31(27,28)18-14(25)7-15-17(16(18)26)30-19(29-15,10-3-1-8(21)5-12(10)23)11-4-2-9(22)6-13(11)24/h1-7H. The summed E-state index contributed by atoms with van der Waals surface area (Å²) in [5, 5.41) is 0. The molecule has 0 fully saturated rings. The van der Waals surface area contributed by atoms with Crippen molar-refractivity contribution in [2.24, 2.45) is 0 Å². The van der Waals surface area contributed by atoms with Gasteiger partial charge in [-0.25, -0.2) is 34.8 Å². The van der Waals surface area contributed by atoms with Gasteiger partial charge in [0.1, 0.15) is 29.1 Å². The summed E-state index contributed by atoms with van der Waals surface area (Å²) in [5.74, 6) is -12.7. The van der Waals surface area contributed by atoms with E-state index in [-0.39, 0.29) is 0 Å². The Balaban J connectivity index is 2.02. The fraction of sp³-hybridized carbons (Fsp3) is 0.0526. The van der Waals surface area contributed by atoms with Crippen LogP contribution in [0.15, 0.2) is 47.4 Å². The molecule has 3 aromatic carbocycles. The van der Waals surface area contributed by atoms with Crippen molar-refractivity contribution in [3.05, 3.63) is 88.5 Å². The number of ether oxygens (including phenoxy) is 2. The Morgan fingerprint density at radius 3 is 1.71 bits per heavy atom. The molecule has 0 atom stereocenters. The molecule has 1 aliphatic rings. The molecule has 0 spiro atoms. The lowest BCUT2D eigenvalue weighted by Gasteiger charge is -2.29. The number of benzene rings is 3. The van der Waals surface area contributed by atoms with Crippen LogP contribution in [0, 0.1) is 34.9 Å². The molecule has 0 aliphatic carbocycles. The molecule has 0 saturated carbocycles. The Kier molecular flexibility index (Phi) is 4.85. The minimum atomic E-state index is -4.94. The van der Waals surface area contributed by atoms with Gasteiger partial charge in [-0.05, 0) is 24.3 Å². The van der Waals surface area contributed by atoms with Crippen molar-refractivity contribution >= 4 is 19.7 Å². The van der Waals surface area contributed by atoms with Crippen LogP contribution >= 0.6 is 10.7 Å². The molecule has 12 heteroatoms. The maximum absolute atomic E-state index is 14.8. The highest BCUT2D eigenvalue weighted by molar-refractivity contribution is 8.13. The van der Waals surface area contributed by atoms with E-state index in [1.165, 1.54) is 0 Å². The summed E-state index contributed by atoms with van der Waals surface area (Å²) < 4.78 is 119. The van der Waals surface area contributed by atoms with E-state index in [0.29, 0.717) is 18.2 Å². The summed E-state index contributed by atoms with van der Waals surface area (Å²) in [6.07, 6.45) is 0. The number of fused-ring (bicyclic) bond motifs is 1. The summed E-state index contributed by atoms with van der Waals surface area (Å²) in [6.45, 7) is 0. The Morgan fingerprint density at radius 1 is 0.742 bits per heavy atom. The summed E-state index contributed by atoms with van der Waals surface area (Å²) in [4.78, 5) is -1.58. The van der Waals surface area contributed by atoms with Gasteiger partial charge in [-0.2, -0.15) is 0 Å². The lowest BCUT2D eigenvalue weighted by molar-refractivity contribution is -0.0530. The van der Waals surface area contributed by atoms with Gasteiger partial charge in [0.25, 0.3) is 9.05 Å². The van der Waals surface area contributed by atoms with E-state index < -0.39 is 77.3 Å². The fourth-order valence-electron chi connectivity index (χ4n) is 3.15. The molecule has 0 aromatic heterocycles. The predicted octanol–water partition coefficient (Wildman–Crippen LogP) is 5.12. The third-order valence-corrected chi connectivity index (χ3v) is 5.74. The van der Waals surface area contributed by atoms with Crippen molar-refractivity contribution < 1.29 is 44.2 Å². The monoisotopic (exact) mass is 480 g/mol. The second kappa shape index (κ2) is 7.06. The molecule has 0 amide bonds. The third kappa shape index (κ3) is 3.37. The van der Waals surface area contributed by atoms with Gasteiger partial charge in [-0.15, -0.1) is 0 Å². The molecule has 0 bridgehead atoms. The van der Waals surface area contributed by atoms with Crippen LogP contribution in [0.1, 0.15) is 11.1 Å². The van der Waals surface area contributed by atoms with Gasteiger partial charge < -0.3 is 9.47 Å². The topological polar surface area (TPSA) is 52.6 Å². The van der Waals surface area contributed by atoms with Crippen LogP contribution in [0.3, 0.4) is 0 Å². The van der Waals surface area contributed by atoms with Gasteiger partial charge in [0, 0.05) is 28.9 Å². The van der Waals surface area contributed by atoms with Crippen molar-refractivity contribution in [1.29, 1.82) is 0 Å². The highest BCUT2D eigenvalue weighted by Gasteiger charge is 2.51. The first-order chi connectivity index (χ1) is 14.4. The summed E-state index contributed by atoms with van der Waals surface area (Å²) in [7, 11) is 0.113. The normalized spacial score (nSPS) is 14.7. The molecule has 1 heterocycles. The van der Waals surface area contributed by atoms with Crippen LogP contribution in [-0.2, 0) is 14.8 Å². The fourth-order valence-corrected chi connectivity index (χ4v) is 4.18. The SMILES string of the molecule is O=S(=O)(Cl)c1c(F)cc2c(c1F)OC(c1ccc(F)cc1F)(c1ccc(F)cc1F)O2. The average Bonchev–Trinajstić information content (AvgIpc) is 3.00. The average molecular weight is 481 g/mol. The third-order valence-electron chi connectivity index (χ3n) is 4.41. The lowest BCUT2D eigenvalue weighted by atomic mass is 9.96. The second-order valence-corrected chi connectivity index (χ2v) is 8.84. The van der Waals surface area contributed by atoms with Crippen LogP contribution in [0.25, 0.3) is 0 Å². The first-order valence-electron chi connectivity index (χ1n) is 8.20. The van der Waals surface area contributed by atoms with Crippen molar-refractivity contribution in [1.82, 2.24) is 0 Å². The molecular formula is C19H7ClF6O4S. The van der Waals surface area contributed by atoms with Gasteiger partial charge in [-0.1, -0.05) is 0 Å². The van der Waals surface area contributed by atoms with E-state index in [1.54, 1.807) is 0 Å². The van der Waals surface area contributed by atoms with E-state index in [9.17, 15) is 34.8 Å². The zero-order valence-electron chi connectivity index (χ0n) is 14.7. The zero-order chi connectivity index (χ0) is 22.7. The highest BCUT2D eigenvalue weighted by atomic mass is 35.7. The van der Waals surface area contributed by atoms with Crippen molar-refractivity contribution in [3.63, 3.8) is 0 Å². The quantitative estimate of drug-likeness (QED) is 0.386. The molecule has 4 rings (SSSR count). The molecule has 0 saturated heterocycles. The zero-order valence-corrected chi connectivity index (χ0v) is 16.3. The maximum atomic E-state index is 14.8. The number of rotatable bonds is 3. The predicted molar refractivity (Wildman–Crippen MR) is 94.1 cm³/mol. The molecule has 162 valence electrons. The van der Waals surface area contributed by atoms with Crippen molar-refractivity contribution in [3.8, 4) is 11.5 Å². The molecule has 3 aromatic rings. The van der Waals surface area contributed by atoms with E-state index in [0.717, 1.165) is 24.3 Å². The van der Waals surface area contributed by atoms with Crippen molar-refractivity contribution in [2.45, 2.75) is 10.7 Å². The van der Waals surface area contributed by atoms with E-state index in [2.05, 4.69) is 0 Å². The van der Waals surface area contributed by atoms with Crippen LogP contribution < -0.4 is 9.47 Å². The Morgan fingerprint density at radius 2 is 1.26 bits per heavy atom. The van der Waals surface area contributed by atoms with Crippen LogP contribution in [-0.4, -0.2) is 8.42 Å². The molecule has 0 N–H and O–H groups in total. The van der Waals surface area contributed by atoms with Gasteiger partial charge in [0.05, 0.1) is 11.1 Å². The second-order valence-electron chi connectivity index (χ2n) is 6.34. The number of hydrogen-bond donors (Lipinski definition) is 0. The first kappa shape index (κ1) is 21.3. The maximum Gasteiger partial charge on any atom is 0.311 e. The van der Waals surface area contributed by atoms with Gasteiger partial charge in [0.15, 0.2) is 16.5 Å². The first-order valence-corrected chi connectivity index (χ1v) is 10.5. The molecule has 31 heavy (non-hydrogen) atoms. The van der Waals surface area contributed by atoms with E-state index in [4.69, 9.17) is 20.2 Å². The Labute approximate surface area is 175 Å². The minimum Gasteiger partial charge on any atom is -0.440 e. The molecular weight excluding hydrogens is 474 g/mol. The smallest absolute Gasteiger partial charge is 0.311 e. The number of halogens is 7. The summed E-state index contributed by atoms with van der Waals surface area (Å²) in [6, 6.07) is 4.24. The largest absolute Gasteiger partial charge is 0.440 e. The van der Waals surface area contributed by atoms with E-state index in [1.807, 2.05) is 0 Å². The van der Waals surface area contributed by atoms with E-state index >= 15 is 0 Å². The highest BCUT2D eigenvalue weighted by Crippen LogP contribution is 2.51. The minimum absolute atomic E-state index is 0.387. The van der Waals surface area contributed by atoms with Gasteiger partial charge in [0.2, 0.25) is 5.75 Å². The summed E-state index contributed by atoms with van der Waals surface area (Å²) >= 11 is 0. The Hall–Kier alpha value is -2.92. The lowest BCUT2D eigenvalue weighted by Crippen LogP contribution is -2.39. The van der Waals surface area contributed by atoms with Gasteiger partial charge >= 0.3 is 5.79 Å². The molecule has 0 radical (unpaired) electrons. The van der Waals surface area contributed by atoms with Crippen molar-refractivity contribution in [2.75, 3.05) is 0 Å². The van der Waals surface area contributed by atoms with Crippen LogP contribution in [0.5, 0.6) is 11.5 Å². The molecule has 0 unspecified atom stereocenters. The Bertz CT molecular complexity index is 1290. The summed E-state index contributed by atoms with van der Waals surface area (Å²) in [5.41, 5.74) is -1.38. The van der Waals surface area contributed by atoms with Crippen LogP contribution in [0.2, 0.25) is 0 Å². The molecule has 1 aliphatic heterocycles. The number of hydrogen-bond acceptors (Lipinski definition) is 4. The van der Waals surface area contributed by atoms with Crippen LogP contribution in [0.4, 0.5) is 26.3 Å².